The van der Waals surface area contributed by atoms with Crippen molar-refractivity contribution in [1.82, 2.24) is 14.5 Å². The van der Waals surface area contributed by atoms with E-state index in [0.717, 1.165) is 0 Å². The first-order chi connectivity index (χ1) is 9.91. The second kappa shape index (κ2) is 5.31. The Morgan fingerprint density at radius 1 is 1.24 bits per heavy atom. The summed E-state index contributed by atoms with van der Waals surface area (Å²) in [5.41, 5.74) is 0. The van der Waals surface area contributed by atoms with Crippen molar-refractivity contribution >= 4 is 39.3 Å². The molecule has 2 heterocycles. The fraction of sp³-hybridized carbons (Fsp3) is 0.417. The molecule has 0 radical (unpaired) electrons. The number of hydrogen-bond donors (Lipinski definition) is 1. The maximum absolute atomic E-state index is 12.5. The molecule has 1 aromatic rings. The average molecular weight is 350 g/mol. The van der Waals surface area contributed by atoms with Crippen LogP contribution in [0.1, 0.15) is 0 Å². The van der Waals surface area contributed by atoms with E-state index in [1.54, 1.807) is 11.0 Å². The third-order valence-electron chi connectivity index (χ3n) is 3.69. The maximum Gasteiger partial charge on any atom is 0.317 e. The van der Waals surface area contributed by atoms with Crippen LogP contribution in [-0.4, -0.2) is 55.9 Å². The van der Waals surface area contributed by atoms with Crippen LogP contribution in [0.3, 0.4) is 0 Å². The summed E-state index contributed by atoms with van der Waals surface area (Å²) in [6.07, 6.45) is 0. The zero-order valence-corrected chi connectivity index (χ0v) is 13.2. The summed E-state index contributed by atoms with van der Waals surface area (Å²) in [4.78, 5) is 13.2. The van der Waals surface area contributed by atoms with Crippen molar-refractivity contribution in [3.63, 3.8) is 0 Å². The van der Waals surface area contributed by atoms with Crippen molar-refractivity contribution in [3.05, 3.63) is 28.2 Å². The molecule has 114 valence electrons. The van der Waals surface area contributed by atoms with E-state index < -0.39 is 10.0 Å². The molecule has 0 aliphatic carbocycles. The lowest BCUT2D eigenvalue weighted by Crippen LogP contribution is -2.61. The summed E-state index contributed by atoms with van der Waals surface area (Å²) >= 11 is 11.8. The van der Waals surface area contributed by atoms with Gasteiger partial charge in [-0.25, -0.2) is 13.2 Å². The molecular weight excluding hydrogens is 337 g/mol. The van der Waals surface area contributed by atoms with Crippen LogP contribution in [0.2, 0.25) is 10.0 Å². The van der Waals surface area contributed by atoms with Gasteiger partial charge in [-0.2, -0.15) is 4.31 Å². The third-order valence-corrected chi connectivity index (χ3v) is 6.50. The Bertz CT molecular complexity index is 689. The van der Waals surface area contributed by atoms with Gasteiger partial charge in [-0.15, -0.1) is 0 Å². The van der Waals surface area contributed by atoms with Crippen LogP contribution in [0.25, 0.3) is 0 Å². The van der Waals surface area contributed by atoms with Crippen molar-refractivity contribution in [2.24, 2.45) is 0 Å². The quantitative estimate of drug-likeness (QED) is 0.896. The minimum atomic E-state index is -3.68. The van der Waals surface area contributed by atoms with Gasteiger partial charge in [-0.05, 0) is 12.1 Å². The molecule has 2 aliphatic heterocycles. The lowest BCUT2D eigenvalue weighted by Gasteiger charge is -2.42. The van der Waals surface area contributed by atoms with Gasteiger partial charge in [0.25, 0.3) is 0 Å². The zero-order valence-electron chi connectivity index (χ0n) is 10.9. The molecule has 0 spiro atoms. The largest absolute Gasteiger partial charge is 0.336 e. The number of rotatable bonds is 3. The van der Waals surface area contributed by atoms with Crippen molar-refractivity contribution in [1.29, 1.82) is 0 Å². The van der Waals surface area contributed by atoms with E-state index in [4.69, 9.17) is 23.2 Å². The van der Waals surface area contributed by atoms with Gasteiger partial charge in [0, 0.05) is 26.2 Å². The number of nitrogens with zero attached hydrogens (tertiary/aromatic N) is 2. The second-order valence-corrected chi connectivity index (χ2v) is 7.64. The van der Waals surface area contributed by atoms with Gasteiger partial charge in [0.15, 0.2) is 0 Å². The van der Waals surface area contributed by atoms with Crippen LogP contribution >= 0.6 is 23.2 Å². The number of halogens is 2. The smallest absolute Gasteiger partial charge is 0.317 e. The standard InChI is InChI=1S/C12H13Cl2N3O3S/c13-9-2-1-3-10(11(9)14)21(19,20)16-6-8(7-16)17-5-4-15-12(17)18/h1-3,8H,4-7H2,(H,15,18). The predicted octanol–water partition coefficient (Wildman–Crippen LogP) is 1.39. The van der Waals surface area contributed by atoms with Gasteiger partial charge in [-0.1, -0.05) is 29.3 Å². The molecule has 3 rings (SSSR count). The summed E-state index contributed by atoms with van der Waals surface area (Å²) in [5.74, 6) is 0. The highest BCUT2D eigenvalue weighted by Crippen LogP contribution is 2.33. The second-order valence-electron chi connectivity index (χ2n) is 4.95. The molecule has 2 amide bonds. The number of carbonyl (C=O) groups excluding carboxylic acids is 1. The van der Waals surface area contributed by atoms with Gasteiger partial charge in [0.2, 0.25) is 10.0 Å². The van der Waals surface area contributed by atoms with E-state index in [0.29, 0.717) is 13.1 Å². The highest BCUT2D eigenvalue weighted by Gasteiger charge is 2.43. The molecule has 0 unspecified atom stereocenters. The molecule has 0 saturated carbocycles. The van der Waals surface area contributed by atoms with Crippen molar-refractivity contribution in [2.45, 2.75) is 10.9 Å². The van der Waals surface area contributed by atoms with Crippen LogP contribution < -0.4 is 5.32 Å². The lowest BCUT2D eigenvalue weighted by molar-refractivity contribution is 0.124. The molecule has 9 heteroatoms. The number of amides is 2. The third kappa shape index (κ3) is 2.48. The first-order valence-corrected chi connectivity index (χ1v) is 8.59. The molecule has 2 fully saturated rings. The molecule has 1 N–H and O–H groups in total. The van der Waals surface area contributed by atoms with Gasteiger partial charge < -0.3 is 10.2 Å². The van der Waals surface area contributed by atoms with Crippen LogP contribution in [-0.2, 0) is 10.0 Å². The van der Waals surface area contributed by atoms with E-state index in [1.165, 1.54) is 16.4 Å². The molecule has 21 heavy (non-hydrogen) atoms. The van der Waals surface area contributed by atoms with Crippen LogP contribution in [0.5, 0.6) is 0 Å². The molecule has 0 aromatic heterocycles. The monoisotopic (exact) mass is 349 g/mol. The zero-order chi connectivity index (χ0) is 15.2. The summed E-state index contributed by atoms with van der Waals surface area (Å²) < 4.78 is 26.3. The Hall–Kier alpha value is -1.02. The van der Waals surface area contributed by atoms with E-state index in [-0.39, 0.29) is 40.1 Å². The van der Waals surface area contributed by atoms with E-state index >= 15 is 0 Å². The SMILES string of the molecule is O=C1NCCN1C1CN(S(=O)(=O)c2cccc(Cl)c2Cl)C1. The number of benzene rings is 1. The number of hydrogen-bond acceptors (Lipinski definition) is 3. The summed E-state index contributed by atoms with van der Waals surface area (Å²) in [6, 6.07) is 4.29. The van der Waals surface area contributed by atoms with Gasteiger partial charge in [0.05, 0.1) is 16.1 Å². The molecule has 1 aromatic carbocycles. The number of carbonyl (C=O) groups is 1. The summed E-state index contributed by atoms with van der Waals surface area (Å²) in [5, 5.41) is 2.93. The first-order valence-electron chi connectivity index (χ1n) is 6.40. The van der Waals surface area contributed by atoms with Gasteiger partial charge in [0.1, 0.15) is 4.90 Å². The van der Waals surface area contributed by atoms with Gasteiger partial charge in [-0.3, -0.25) is 0 Å². The predicted molar refractivity (Wildman–Crippen MR) is 79.1 cm³/mol. The topological polar surface area (TPSA) is 69.7 Å². The molecular formula is C12H13Cl2N3O3S. The average Bonchev–Trinajstić information content (AvgIpc) is 2.77. The Morgan fingerprint density at radius 3 is 2.57 bits per heavy atom. The first kappa shape index (κ1) is 14.9. The normalized spacial score (nSPS) is 20.5. The fourth-order valence-corrected chi connectivity index (χ4v) is 4.72. The Morgan fingerprint density at radius 2 is 1.95 bits per heavy atom. The Balaban J connectivity index is 1.76. The minimum absolute atomic E-state index is 0.000917. The summed E-state index contributed by atoms with van der Waals surface area (Å²) in [7, 11) is -3.68. The Labute approximate surface area is 132 Å². The lowest BCUT2D eigenvalue weighted by atomic mass is 10.1. The molecule has 2 saturated heterocycles. The Kier molecular flexibility index (Phi) is 3.77. The highest BCUT2D eigenvalue weighted by molar-refractivity contribution is 7.89. The number of nitrogens with one attached hydrogen (secondary N) is 1. The minimum Gasteiger partial charge on any atom is -0.336 e. The molecule has 2 aliphatic rings. The van der Waals surface area contributed by atoms with Crippen molar-refractivity contribution in [3.8, 4) is 0 Å². The van der Waals surface area contributed by atoms with E-state index in [1.807, 2.05) is 0 Å². The molecule has 0 atom stereocenters. The van der Waals surface area contributed by atoms with E-state index in [2.05, 4.69) is 5.32 Å². The molecule has 0 bridgehead atoms. The van der Waals surface area contributed by atoms with Crippen LogP contribution in [0.4, 0.5) is 4.79 Å². The van der Waals surface area contributed by atoms with Crippen molar-refractivity contribution in [2.75, 3.05) is 26.2 Å². The van der Waals surface area contributed by atoms with Crippen molar-refractivity contribution < 1.29 is 13.2 Å². The van der Waals surface area contributed by atoms with Crippen LogP contribution in [0.15, 0.2) is 23.1 Å². The van der Waals surface area contributed by atoms with Gasteiger partial charge >= 0.3 is 6.03 Å². The number of sulfonamides is 1. The number of urea groups is 1. The fourth-order valence-electron chi connectivity index (χ4n) is 2.47. The summed E-state index contributed by atoms with van der Waals surface area (Å²) in [6.45, 7) is 1.76. The highest BCUT2D eigenvalue weighted by atomic mass is 35.5. The molecule has 6 nitrogen and oxygen atoms in total. The van der Waals surface area contributed by atoms with Crippen LogP contribution in [0, 0.1) is 0 Å². The van der Waals surface area contributed by atoms with E-state index in [9.17, 15) is 13.2 Å². The maximum atomic E-state index is 12.5.